The standard InChI is InChI=1S/C11H16IN3O/c12-10-6-13-11(14-7-10)15-4-1-2-9(8-15)3-5-16/h6-7,9,16H,1-5,8H2. The van der Waals surface area contributed by atoms with Crippen molar-refractivity contribution < 1.29 is 5.11 Å². The molecule has 0 saturated carbocycles. The largest absolute Gasteiger partial charge is 0.396 e. The maximum absolute atomic E-state index is 8.96. The van der Waals surface area contributed by atoms with E-state index >= 15 is 0 Å². The van der Waals surface area contributed by atoms with Crippen LogP contribution in [-0.4, -0.2) is 34.8 Å². The van der Waals surface area contributed by atoms with E-state index in [2.05, 4.69) is 37.5 Å². The lowest BCUT2D eigenvalue weighted by atomic mass is 9.95. The Morgan fingerprint density at radius 2 is 2.19 bits per heavy atom. The highest BCUT2D eigenvalue weighted by Gasteiger charge is 2.20. The van der Waals surface area contributed by atoms with Crippen LogP contribution in [0.2, 0.25) is 0 Å². The Morgan fingerprint density at radius 1 is 1.44 bits per heavy atom. The molecule has 1 fully saturated rings. The molecule has 1 saturated heterocycles. The second-order valence-corrected chi connectivity index (χ2v) is 5.41. The summed E-state index contributed by atoms with van der Waals surface area (Å²) >= 11 is 2.21. The van der Waals surface area contributed by atoms with E-state index in [4.69, 9.17) is 5.11 Å². The molecule has 0 bridgehead atoms. The third-order valence-corrected chi connectivity index (χ3v) is 3.50. The van der Waals surface area contributed by atoms with E-state index in [1.807, 2.05) is 12.4 Å². The van der Waals surface area contributed by atoms with Crippen molar-refractivity contribution in [2.75, 3.05) is 24.6 Å². The number of piperidine rings is 1. The molecule has 1 aliphatic heterocycles. The second-order valence-electron chi connectivity index (χ2n) is 4.17. The zero-order valence-corrected chi connectivity index (χ0v) is 11.3. The van der Waals surface area contributed by atoms with Gasteiger partial charge >= 0.3 is 0 Å². The van der Waals surface area contributed by atoms with Gasteiger partial charge in [-0.1, -0.05) is 0 Å². The molecule has 1 aromatic rings. The first kappa shape index (κ1) is 12.0. The number of hydrogen-bond donors (Lipinski definition) is 1. The van der Waals surface area contributed by atoms with Gasteiger partial charge in [0, 0.05) is 35.7 Å². The van der Waals surface area contributed by atoms with E-state index in [9.17, 15) is 0 Å². The molecule has 2 rings (SSSR count). The quantitative estimate of drug-likeness (QED) is 0.855. The molecule has 16 heavy (non-hydrogen) atoms. The Hall–Kier alpha value is -0.430. The summed E-state index contributed by atoms with van der Waals surface area (Å²) < 4.78 is 1.06. The Balaban J connectivity index is 2.01. The average molecular weight is 333 g/mol. The third-order valence-electron chi connectivity index (χ3n) is 2.95. The zero-order chi connectivity index (χ0) is 11.4. The number of nitrogens with zero attached hydrogens (tertiary/aromatic N) is 3. The van der Waals surface area contributed by atoms with E-state index in [0.717, 1.165) is 29.0 Å². The Kier molecular flexibility index (Phi) is 4.34. The van der Waals surface area contributed by atoms with Gasteiger partial charge in [-0.15, -0.1) is 0 Å². The minimum Gasteiger partial charge on any atom is -0.396 e. The molecule has 0 aliphatic carbocycles. The molecule has 0 aromatic carbocycles. The number of hydrogen-bond acceptors (Lipinski definition) is 4. The zero-order valence-electron chi connectivity index (χ0n) is 9.14. The van der Waals surface area contributed by atoms with Crippen molar-refractivity contribution in [2.24, 2.45) is 5.92 Å². The highest BCUT2D eigenvalue weighted by Crippen LogP contribution is 2.22. The van der Waals surface area contributed by atoms with Gasteiger partial charge < -0.3 is 10.0 Å². The monoisotopic (exact) mass is 333 g/mol. The lowest BCUT2D eigenvalue weighted by molar-refractivity contribution is 0.244. The van der Waals surface area contributed by atoms with Crippen LogP contribution in [0.4, 0.5) is 5.95 Å². The SMILES string of the molecule is OCCC1CCCN(c2ncc(I)cn2)C1. The normalized spacial score (nSPS) is 21.1. The van der Waals surface area contributed by atoms with Gasteiger partial charge in [0.1, 0.15) is 0 Å². The van der Waals surface area contributed by atoms with Crippen LogP contribution >= 0.6 is 22.6 Å². The highest BCUT2D eigenvalue weighted by atomic mass is 127. The number of aromatic nitrogens is 2. The first-order valence-corrected chi connectivity index (χ1v) is 6.71. The molecule has 1 N–H and O–H groups in total. The summed E-state index contributed by atoms with van der Waals surface area (Å²) in [5.41, 5.74) is 0. The first-order valence-electron chi connectivity index (χ1n) is 5.63. The highest BCUT2D eigenvalue weighted by molar-refractivity contribution is 14.1. The van der Waals surface area contributed by atoms with Crippen molar-refractivity contribution >= 4 is 28.5 Å². The van der Waals surface area contributed by atoms with Crippen LogP contribution in [0.15, 0.2) is 12.4 Å². The molecule has 4 nitrogen and oxygen atoms in total. The average Bonchev–Trinajstić information content (AvgIpc) is 2.31. The second kappa shape index (κ2) is 5.77. The summed E-state index contributed by atoms with van der Waals surface area (Å²) in [4.78, 5) is 10.9. The molecular weight excluding hydrogens is 317 g/mol. The van der Waals surface area contributed by atoms with Crippen molar-refractivity contribution in [1.29, 1.82) is 0 Å². The van der Waals surface area contributed by atoms with Gasteiger partial charge in [0.05, 0.1) is 0 Å². The minimum atomic E-state index is 0.284. The van der Waals surface area contributed by atoms with Crippen LogP contribution in [-0.2, 0) is 0 Å². The lowest BCUT2D eigenvalue weighted by Gasteiger charge is -2.32. The fourth-order valence-corrected chi connectivity index (χ4v) is 2.41. The molecule has 88 valence electrons. The van der Waals surface area contributed by atoms with Gasteiger partial charge in [0.2, 0.25) is 5.95 Å². The van der Waals surface area contributed by atoms with E-state index in [-0.39, 0.29) is 6.61 Å². The molecule has 0 radical (unpaired) electrons. The van der Waals surface area contributed by atoms with Crippen LogP contribution in [0.1, 0.15) is 19.3 Å². The van der Waals surface area contributed by atoms with Gasteiger partial charge in [-0.2, -0.15) is 0 Å². The summed E-state index contributed by atoms with van der Waals surface area (Å²) in [5, 5.41) is 8.96. The Labute approximate surface area is 109 Å². The van der Waals surface area contributed by atoms with Gasteiger partial charge in [0.15, 0.2) is 0 Å². The molecular formula is C11H16IN3O. The minimum absolute atomic E-state index is 0.284. The van der Waals surface area contributed by atoms with Crippen LogP contribution in [0.25, 0.3) is 0 Å². The van der Waals surface area contributed by atoms with Crippen LogP contribution in [0.5, 0.6) is 0 Å². The molecule has 1 atom stereocenters. The number of aliphatic hydroxyl groups is 1. The lowest BCUT2D eigenvalue weighted by Crippen LogP contribution is -2.36. The van der Waals surface area contributed by atoms with Crippen LogP contribution < -0.4 is 4.90 Å². The van der Waals surface area contributed by atoms with E-state index in [1.165, 1.54) is 12.8 Å². The van der Waals surface area contributed by atoms with Crippen molar-refractivity contribution in [3.05, 3.63) is 16.0 Å². The number of aliphatic hydroxyl groups excluding tert-OH is 1. The van der Waals surface area contributed by atoms with Gasteiger partial charge in [0.25, 0.3) is 0 Å². The van der Waals surface area contributed by atoms with Gasteiger partial charge in [-0.3, -0.25) is 0 Å². The Morgan fingerprint density at radius 3 is 2.88 bits per heavy atom. The van der Waals surface area contributed by atoms with Gasteiger partial charge in [-0.05, 0) is 47.8 Å². The third kappa shape index (κ3) is 3.04. The maximum atomic E-state index is 8.96. The molecule has 1 aromatic heterocycles. The maximum Gasteiger partial charge on any atom is 0.225 e. The fraction of sp³-hybridized carbons (Fsp3) is 0.636. The number of rotatable bonds is 3. The smallest absolute Gasteiger partial charge is 0.225 e. The van der Waals surface area contributed by atoms with Crippen LogP contribution in [0.3, 0.4) is 0 Å². The molecule has 0 spiro atoms. The van der Waals surface area contributed by atoms with Crippen molar-refractivity contribution in [3.8, 4) is 0 Å². The first-order chi connectivity index (χ1) is 7.79. The summed E-state index contributed by atoms with van der Waals surface area (Å²) in [5.74, 6) is 1.41. The van der Waals surface area contributed by atoms with Crippen LogP contribution in [0, 0.1) is 9.49 Å². The van der Waals surface area contributed by atoms with Crippen molar-refractivity contribution in [2.45, 2.75) is 19.3 Å². The predicted molar refractivity (Wildman–Crippen MR) is 71.4 cm³/mol. The van der Waals surface area contributed by atoms with E-state index < -0.39 is 0 Å². The molecule has 0 amide bonds. The van der Waals surface area contributed by atoms with E-state index in [0.29, 0.717) is 5.92 Å². The predicted octanol–water partition coefficient (Wildman–Crippen LogP) is 1.68. The topological polar surface area (TPSA) is 49.2 Å². The Bertz CT molecular complexity index is 329. The van der Waals surface area contributed by atoms with Crippen molar-refractivity contribution in [1.82, 2.24) is 9.97 Å². The summed E-state index contributed by atoms with van der Waals surface area (Å²) in [6.07, 6.45) is 6.96. The number of anilines is 1. The molecule has 5 heteroatoms. The summed E-state index contributed by atoms with van der Waals surface area (Å²) in [6, 6.07) is 0. The van der Waals surface area contributed by atoms with E-state index in [1.54, 1.807) is 0 Å². The summed E-state index contributed by atoms with van der Waals surface area (Å²) in [6.45, 7) is 2.29. The molecule has 1 unspecified atom stereocenters. The molecule has 2 heterocycles. The van der Waals surface area contributed by atoms with Gasteiger partial charge in [-0.25, -0.2) is 9.97 Å². The molecule has 1 aliphatic rings. The number of halogens is 1. The fourth-order valence-electron chi connectivity index (χ4n) is 2.13. The van der Waals surface area contributed by atoms with Crippen molar-refractivity contribution in [3.63, 3.8) is 0 Å². The summed E-state index contributed by atoms with van der Waals surface area (Å²) in [7, 11) is 0.